The Morgan fingerprint density at radius 2 is 2.07 bits per heavy atom. The minimum absolute atomic E-state index is 0.0452. The zero-order chi connectivity index (χ0) is 9.97. The molecule has 0 radical (unpaired) electrons. The van der Waals surface area contributed by atoms with Crippen LogP contribution < -0.4 is 0 Å². The number of hydrogen-bond acceptors (Lipinski definition) is 3. The molecule has 4 nitrogen and oxygen atoms in total. The molecular formula is C9H10INO3. The van der Waals surface area contributed by atoms with E-state index in [1.165, 1.54) is 0 Å². The first-order valence-electron chi connectivity index (χ1n) is 4.40. The van der Waals surface area contributed by atoms with Gasteiger partial charge in [0.25, 0.3) is 5.91 Å². The molecule has 1 amide bonds. The molecule has 2 rings (SSSR count). The Morgan fingerprint density at radius 1 is 1.36 bits per heavy atom. The van der Waals surface area contributed by atoms with Crippen molar-refractivity contribution in [2.75, 3.05) is 26.3 Å². The van der Waals surface area contributed by atoms with Gasteiger partial charge in [0.15, 0.2) is 9.53 Å². The fourth-order valence-corrected chi connectivity index (χ4v) is 1.77. The van der Waals surface area contributed by atoms with Gasteiger partial charge in [-0.3, -0.25) is 4.79 Å². The summed E-state index contributed by atoms with van der Waals surface area (Å²) < 4.78 is 11.2. The van der Waals surface area contributed by atoms with Gasteiger partial charge in [0.1, 0.15) is 0 Å². The van der Waals surface area contributed by atoms with Crippen LogP contribution in [0.15, 0.2) is 16.5 Å². The number of carbonyl (C=O) groups is 1. The van der Waals surface area contributed by atoms with Crippen LogP contribution in [0.25, 0.3) is 0 Å². The zero-order valence-electron chi connectivity index (χ0n) is 7.53. The van der Waals surface area contributed by atoms with Gasteiger partial charge in [0.05, 0.1) is 13.2 Å². The molecule has 2 heterocycles. The maximum absolute atomic E-state index is 11.8. The second-order valence-corrected chi connectivity index (χ2v) is 4.07. The Morgan fingerprint density at radius 3 is 2.64 bits per heavy atom. The smallest absolute Gasteiger partial charge is 0.289 e. The normalized spacial score (nSPS) is 17.1. The number of rotatable bonds is 1. The van der Waals surface area contributed by atoms with E-state index in [2.05, 4.69) is 0 Å². The lowest BCUT2D eigenvalue weighted by Gasteiger charge is -2.25. The molecule has 5 heteroatoms. The number of ether oxygens (including phenoxy) is 1. The summed E-state index contributed by atoms with van der Waals surface area (Å²) in [6.45, 7) is 2.53. The van der Waals surface area contributed by atoms with Crippen LogP contribution in [-0.4, -0.2) is 37.1 Å². The number of nitrogens with zero attached hydrogens (tertiary/aromatic N) is 1. The van der Waals surface area contributed by atoms with E-state index in [-0.39, 0.29) is 5.91 Å². The standard InChI is InChI=1S/C9H10INO3/c10-8-2-1-7(14-8)9(12)11-3-5-13-6-4-11/h1-2H,3-6H2. The maximum Gasteiger partial charge on any atom is 0.289 e. The van der Waals surface area contributed by atoms with Crippen molar-refractivity contribution in [3.8, 4) is 0 Å². The molecule has 0 saturated carbocycles. The minimum Gasteiger partial charge on any atom is -0.445 e. The van der Waals surface area contributed by atoms with Gasteiger partial charge in [-0.05, 0) is 34.7 Å². The Labute approximate surface area is 95.3 Å². The Balaban J connectivity index is 2.07. The quantitative estimate of drug-likeness (QED) is 0.736. The molecule has 0 spiro atoms. The first-order chi connectivity index (χ1) is 6.77. The van der Waals surface area contributed by atoms with Crippen molar-refractivity contribution in [3.05, 3.63) is 21.7 Å². The molecule has 0 unspecified atom stereocenters. The van der Waals surface area contributed by atoms with E-state index < -0.39 is 0 Å². The van der Waals surface area contributed by atoms with Crippen LogP contribution in [0.4, 0.5) is 0 Å². The predicted octanol–water partition coefficient (Wildman–Crippen LogP) is 1.36. The summed E-state index contributed by atoms with van der Waals surface area (Å²) in [6, 6.07) is 3.49. The third-order valence-corrected chi connectivity index (χ3v) is 2.66. The molecule has 1 saturated heterocycles. The average molecular weight is 307 g/mol. The van der Waals surface area contributed by atoms with Gasteiger partial charge in [-0.15, -0.1) is 0 Å². The van der Waals surface area contributed by atoms with E-state index in [4.69, 9.17) is 9.15 Å². The second kappa shape index (κ2) is 4.31. The third kappa shape index (κ3) is 2.09. The number of amides is 1. The average Bonchev–Trinajstić information content (AvgIpc) is 2.65. The Bertz CT molecular complexity index is 331. The number of hydrogen-bond donors (Lipinski definition) is 0. The Kier molecular flexibility index (Phi) is 3.07. The summed E-state index contributed by atoms with van der Waals surface area (Å²) >= 11 is 2.04. The first kappa shape index (κ1) is 9.97. The van der Waals surface area contributed by atoms with Gasteiger partial charge >= 0.3 is 0 Å². The summed E-state index contributed by atoms with van der Waals surface area (Å²) in [6.07, 6.45) is 0. The third-order valence-electron chi connectivity index (χ3n) is 2.08. The van der Waals surface area contributed by atoms with Gasteiger partial charge in [0.2, 0.25) is 0 Å². The van der Waals surface area contributed by atoms with E-state index in [1.807, 2.05) is 22.6 Å². The summed E-state index contributed by atoms with van der Waals surface area (Å²) in [5, 5.41) is 0. The molecule has 1 aliphatic rings. The largest absolute Gasteiger partial charge is 0.445 e. The van der Waals surface area contributed by atoms with Crippen molar-refractivity contribution in [1.82, 2.24) is 4.90 Å². The van der Waals surface area contributed by atoms with Crippen molar-refractivity contribution >= 4 is 28.5 Å². The van der Waals surface area contributed by atoms with Crippen LogP contribution >= 0.6 is 22.6 Å². The fourth-order valence-electron chi connectivity index (χ4n) is 1.35. The molecule has 0 N–H and O–H groups in total. The van der Waals surface area contributed by atoms with Gasteiger partial charge in [-0.25, -0.2) is 0 Å². The highest BCUT2D eigenvalue weighted by molar-refractivity contribution is 14.1. The van der Waals surface area contributed by atoms with Gasteiger partial charge < -0.3 is 14.1 Å². The van der Waals surface area contributed by atoms with Crippen molar-refractivity contribution < 1.29 is 13.9 Å². The van der Waals surface area contributed by atoms with E-state index in [0.29, 0.717) is 32.1 Å². The van der Waals surface area contributed by atoms with Crippen molar-refractivity contribution in [2.24, 2.45) is 0 Å². The molecule has 0 aromatic carbocycles. The maximum atomic E-state index is 11.8. The van der Waals surface area contributed by atoms with Crippen LogP contribution in [0.5, 0.6) is 0 Å². The van der Waals surface area contributed by atoms with Crippen LogP contribution in [0.2, 0.25) is 0 Å². The molecule has 0 atom stereocenters. The summed E-state index contributed by atoms with van der Waals surface area (Å²) in [7, 11) is 0. The SMILES string of the molecule is O=C(c1ccc(I)o1)N1CCOCC1. The van der Waals surface area contributed by atoms with E-state index in [1.54, 1.807) is 17.0 Å². The van der Waals surface area contributed by atoms with Crippen LogP contribution in [0.1, 0.15) is 10.6 Å². The van der Waals surface area contributed by atoms with Gasteiger partial charge in [0, 0.05) is 13.1 Å². The van der Waals surface area contributed by atoms with Crippen LogP contribution in [0.3, 0.4) is 0 Å². The lowest BCUT2D eigenvalue weighted by atomic mass is 10.3. The van der Waals surface area contributed by atoms with Crippen LogP contribution in [-0.2, 0) is 4.74 Å². The topological polar surface area (TPSA) is 42.7 Å². The molecule has 1 fully saturated rings. The van der Waals surface area contributed by atoms with Gasteiger partial charge in [-0.2, -0.15) is 0 Å². The molecule has 1 aromatic heterocycles. The lowest BCUT2D eigenvalue weighted by Crippen LogP contribution is -2.40. The monoisotopic (exact) mass is 307 g/mol. The highest BCUT2D eigenvalue weighted by Gasteiger charge is 2.20. The lowest BCUT2D eigenvalue weighted by molar-refractivity contribution is 0.0282. The molecule has 0 aliphatic carbocycles. The number of furan rings is 1. The molecular weight excluding hydrogens is 297 g/mol. The predicted molar refractivity (Wildman–Crippen MR) is 58.1 cm³/mol. The van der Waals surface area contributed by atoms with Crippen molar-refractivity contribution in [3.63, 3.8) is 0 Å². The zero-order valence-corrected chi connectivity index (χ0v) is 9.69. The highest BCUT2D eigenvalue weighted by atomic mass is 127. The highest BCUT2D eigenvalue weighted by Crippen LogP contribution is 2.13. The van der Waals surface area contributed by atoms with Crippen molar-refractivity contribution in [2.45, 2.75) is 0 Å². The molecule has 76 valence electrons. The summed E-state index contributed by atoms with van der Waals surface area (Å²) in [4.78, 5) is 13.5. The number of carbonyl (C=O) groups excluding carboxylic acids is 1. The number of morpholine rings is 1. The summed E-state index contributed by atoms with van der Waals surface area (Å²) in [5.41, 5.74) is 0. The minimum atomic E-state index is -0.0452. The van der Waals surface area contributed by atoms with E-state index in [0.717, 1.165) is 3.77 Å². The van der Waals surface area contributed by atoms with E-state index in [9.17, 15) is 4.79 Å². The second-order valence-electron chi connectivity index (χ2n) is 3.01. The molecule has 0 bridgehead atoms. The van der Waals surface area contributed by atoms with E-state index >= 15 is 0 Å². The summed E-state index contributed by atoms with van der Waals surface area (Å²) in [5.74, 6) is 0.368. The molecule has 1 aromatic rings. The van der Waals surface area contributed by atoms with Crippen molar-refractivity contribution in [1.29, 1.82) is 0 Å². The fraction of sp³-hybridized carbons (Fsp3) is 0.444. The Hall–Kier alpha value is -0.560. The molecule has 14 heavy (non-hydrogen) atoms. The first-order valence-corrected chi connectivity index (χ1v) is 5.47. The molecule has 1 aliphatic heterocycles. The van der Waals surface area contributed by atoms with Gasteiger partial charge in [-0.1, -0.05) is 0 Å². The number of halogens is 1. The van der Waals surface area contributed by atoms with Crippen LogP contribution in [0, 0.1) is 3.77 Å².